The number of hydrogen-bond acceptors (Lipinski definition) is 7. The van der Waals surface area contributed by atoms with Gasteiger partial charge in [-0.3, -0.25) is 4.79 Å². The Morgan fingerprint density at radius 2 is 2.41 bits per heavy atom. The van der Waals surface area contributed by atoms with Crippen molar-refractivity contribution in [3.8, 4) is 0 Å². The maximum Gasteiger partial charge on any atom is 0.213 e. The molecule has 0 spiro atoms. The Kier molecular flexibility index (Phi) is 3.48. The molecule has 1 N–H and O–H groups in total. The van der Waals surface area contributed by atoms with Gasteiger partial charge in [0.2, 0.25) is 6.39 Å². The van der Waals surface area contributed by atoms with Crippen LogP contribution in [0.5, 0.6) is 0 Å². The second-order valence-electron chi connectivity index (χ2n) is 3.55. The molecule has 2 heterocycles. The van der Waals surface area contributed by atoms with Crippen LogP contribution in [0.1, 0.15) is 28.8 Å². The number of Topliss-reactive ketones (excluding diaryl/α,β-unsaturated/α-hetero) is 1. The third kappa shape index (κ3) is 2.68. The first-order valence-corrected chi connectivity index (χ1v) is 5.92. The summed E-state index contributed by atoms with van der Waals surface area (Å²) in [5.74, 6) is 0.668. The molecule has 0 aliphatic carbocycles. The van der Waals surface area contributed by atoms with Gasteiger partial charge in [-0.2, -0.15) is 9.36 Å². The quantitative estimate of drug-likeness (QED) is 0.815. The Balaban J connectivity index is 1.97. The van der Waals surface area contributed by atoms with E-state index in [0.717, 1.165) is 10.7 Å². The Labute approximate surface area is 102 Å². The largest absolute Gasteiger partial charge is 0.375 e. The van der Waals surface area contributed by atoms with Gasteiger partial charge < -0.3 is 9.84 Å². The Hall–Kier alpha value is -1.76. The lowest BCUT2D eigenvalue weighted by molar-refractivity contribution is 0.101. The zero-order chi connectivity index (χ0) is 12.3. The molecule has 0 aliphatic rings. The normalized spacial score (nSPS) is 10.5. The maximum atomic E-state index is 11.4. The number of aromatic nitrogens is 3. The number of anilines is 1. The van der Waals surface area contributed by atoms with Crippen molar-refractivity contribution in [1.29, 1.82) is 0 Å². The van der Waals surface area contributed by atoms with Crippen molar-refractivity contribution in [1.82, 2.24) is 14.5 Å². The van der Waals surface area contributed by atoms with Crippen molar-refractivity contribution in [3.63, 3.8) is 0 Å². The van der Waals surface area contributed by atoms with Crippen LogP contribution in [0, 0.1) is 6.92 Å². The minimum absolute atomic E-state index is 0.0262. The van der Waals surface area contributed by atoms with E-state index < -0.39 is 0 Å². The van der Waals surface area contributed by atoms with Crippen LogP contribution >= 0.6 is 11.5 Å². The second-order valence-corrected chi connectivity index (χ2v) is 4.33. The highest BCUT2D eigenvalue weighted by atomic mass is 32.1. The number of nitrogens with one attached hydrogen (secondary N) is 1. The van der Waals surface area contributed by atoms with Crippen LogP contribution < -0.4 is 5.32 Å². The molecule has 7 heteroatoms. The van der Waals surface area contributed by atoms with Crippen molar-refractivity contribution in [2.45, 2.75) is 20.3 Å². The number of ketones is 1. The highest BCUT2D eigenvalue weighted by Gasteiger charge is 2.14. The average Bonchev–Trinajstić information content (AvgIpc) is 2.88. The molecule has 0 fully saturated rings. The van der Waals surface area contributed by atoms with Crippen molar-refractivity contribution in [2.75, 3.05) is 11.9 Å². The molecule has 0 unspecified atom stereocenters. The molecule has 0 atom stereocenters. The van der Waals surface area contributed by atoms with Crippen molar-refractivity contribution >= 4 is 22.3 Å². The summed E-state index contributed by atoms with van der Waals surface area (Å²) in [6.45, 7) is 4.01. The number of carbonyl (C=O) groups is 1. The fourth-order valence-electron chi connectivity index (χ4n) is 1.50. The van der Waals surface area contributed by atoms with E-state index in [0.29, 0.717) is 24.4 Å². The predicted octanol–water partition coefficient (Wildman–Crippen LogP) is 1.69. The van der Waals surface area contributed by atoms with Gasteiger partial charge in [-0.15, -0.1) is 0 Å². The predicted molar refractivity (Wildman–Crippen MR) is 63.3 cm³/mol. The molecule has 90 valence electrons. The van der Waals surface area contributed by atoms with Gasteiger partial charge in [0.05, 0.1) is 11.3 Å². The average molecular weight is 252 g/mol. The van der Waals surface area contributed by atoms with Gasteiger partial charge in [-0.05, 0) is 25.4 Å². The summed E-state index contributed by atoms with van der Waals surface area (Å²) in [6.07, 6.45) is 1.94. The monoisotopic (exact) mass is 252 g/mol. The SMILES string of the molecule is CC(=O)c1c(C)nsc1NCCc1ncon1. The maximum absolute atomic E-state index is 11.4. The Morgan fingerprint density at radius 3 is 3.06 bits per heavy atom. The van der Waals surface area contributed by atoms with Crippen LogP contribution in [0.4, 0.5) is 5.00 Å². The summed E-state index contributed by atoms with van der Waals surface area (Å²) in [6, 6.07) is 0. The highest BCUT2D eigenvalue weighted by molar-refractivity contribution is 7.10. The first kappa shape index (κ1) is 11.7. The molecule has 17 heavy (non-hydrogen) atoms. The van der Waals surface area contributed by atoms with E-state index in [9.17, 15) is 4.79 Å². The lowest BCUT2D eigenvalue weighted by Gasteiger charge is -2.03. The summed E-state index contributed by atoms with van der Waals surface area (Å²) < 4.78 is 8.79. The summed E-state index contributed by atoms with van der Waals surface area (Å²) in [7, 11) is 0. The number of carbonyl (C=O) groups excluding carboxylic acids is 1. The molecule has 0 radical (unpaired) electrons. The zero-order valence-corrected chi connectivity index (χ0v) is 10.4. The van der Waals surface area contributed by atoms with Gasteiger partial charge in [0.25, 0.3) is 0 Å². The summed E-state index contributed by atoms with van der Waals surface area (Å²) >= 11 is 1.30. The molecule has 0 aromatic carbocycles. The van der Waals surface area contributed by atoms with Crippen LogP contribution in [0.15, 0.2) is 10.9 Å². The van der Waals surface area contributed by atoms with Crippen molar-refractivity contribution in [2.24, 2.45) is 0 Å². The summed E-state index contributed by atoms with van der Waals surface area (Å²) in [5.41, 5.74) is 1.44. The standard InChI is InChI=1S/C10H12N4O2S/c1-6-9(7(2)15)10(17-14-6)11-4-3-8-12-5-16-13-8/h5,11H,3-4H2,1-2H3. The first-order valence-electron chi connectivity index (χ1n) is 5.15. The molecule has 0 saturated heterocycles. The van der Waals surface area contributed by atoms with Gasteiger partial charge in [0.1, 0.15) is 5.00 Å². The van der Waals surface area contributed by atoms with E-state index in [1.54, 1.807) is 6.92 Å². The van der Waals surface area contributed by atoms with Crippen molar-refractivity contribution < 1.29 is 9.32 Å². The fourth-order valence-corrected chi connectivity index (χ4v) is 2.36. The van der Waals surface area contributed by atoms with Gasteiger partial charge in [-0.1, -0.05) is 5.16 Å². The summed E-state index contributed by atoms with van der Waals surface area (Å²) in [5, 5.41) is 7.68. The molecule has 2 aromatic heterocycles. The van der Waals surface area contributed by atoms with Gasteiger partial charge in [0.15, 0.2) is 11.6 Å². The van der Waals surface area contributed by atoms with E-state index in [-0.39, 0.29) is 5.78 Å². The molecular formula is C10H12N4O2S. The topological polar surface area (TPSA) is 80.9 Å². The zero-order valence-electron chi connectivity index (χ0n) is 9.56. The van der Waals surface area contributed by atoms with Crippen molar-refractivity contribution in [3.05, 3.63) is 23.5 Å². The second kappa shape index (κ2) is 5.05. The first-order chi connectivity index (χ1) is 8.18. The summed E-state index contributed by atoms with van der Waals surface area (Å²) in [4.78, 5) is 15.3. The molecular weight excluding hydrogens is 240 g/mol. The molecule has 2 rings (SSSR count). The smallest absolute Gasteiger partial charge is 0.213 e. The molecule has 0 amide bonds. The number of hydrogen-bond donors (Lipinski definition) is 1. The molecule has 0 saturated carbocycles. The lowest BCUT2D eigenvalue weighted by atomic mass is 10.2. The Bertz CT molecular complexity index is 506. The van der Waals surface area contributed by atoms with E-state index in [1.165, 1.54) is 17.9 Å². The highest BCUT2D eigenvalue weighted by Crippen LogP contribution is 2.24. The van der Waals surface area contributed by atoms with E-state index >= 15 is 0 Å². The minimum Gasteiger partial charge on any atom is -0.375 e. The van der Waals surface area contributed by atoms with E-state index in [1.807, 2.05) is 6.92 Å². The Morgan fingerprint density at radius 1 is 1.59 bits per heavy atom. The minimum atomic E-state index is 0.0262. The molecule has 0 bridgehead atoms. The number of aryl methyl sites for hydroxylation is 1. The third-order valence-electron chi connectivity index (χ3n) is 2.26. The number of nitrogens with zero attached hydrogens (tertiary/aromatic N) is 3. The van der Waals surface area contributed by atoms with Crippen LogP contribution in [0.25, 0.3) is 0 Å². The van der Waals surface area contributed by atoms with Gasteiger partial charge in [0, 0.05) is 13.0 Å². The van der Waals surface area contributed by atoms with Crippen LogP contribution in [-0.4, -0.2) is 26.8 Å². The lowest BCUT2D eigenvalue weighted by Crippen LogP contribution is -2.07. The molecule has 0 aliphatic heterocycles. The number of rotatable bonds is 5. The van der Waals surface area contributed by atoms with Gasteiger partial charge in [-0.25, -0.2) is 0 Å². The van der Waals surface area contributed by atoms with Crippen LogP contribution in [-0.2, 0) is 6.42 Å². The van der Waals surface area contributed by atoms with Gasteiger partial charge >= 0.3 is 0 Å². The van der Waals surface area contributed by atoms with Crippen LogP contribution in [0.2, 0.25) is 0 Å². The molecule has 2 aromatic rings. The molecule has 6 nitrogen and oxygen atoms in total. The van der Waals surface area contributed by atoms with E-state index in [2.05, 4.69) is 24.4 Å². The van der Waals surface area contributed by atoms with Crippen LogP contribution in [0.3, 0.4) is 0 Å². The fraction of sp³-hybridized carbons (Fsp3) is 0.400. The third-order valence-corrected chi connectivity index (χ3v) is 3.15. The van der Waals surface area contributed by atoms with E-state index in [4.69, 9.17) is 0 Å².